The van der Waals surface area contributed by atoms with E-state index in [9.17, 15) is 31.5 Å². The molecule has 11 heteroatoms. The molecule has 1 aromatic heterocycles. The van der Waals surface area contributed by atoms with Crippen molar-refractivity contribution in [3.8, 4) is 5.75 Å². The van der Waals surface area contributed by atoms with Crippen LogP contribution < -0.4 is 4.74 Å². The largest absolute Gasteiger partial charge is 0.435 e. The molecule has 1 atom stereocenters. The van der Waals surface area contributed by atoms with Crippen molar-refractivity contribution in [2.45, 2.75) is 31.8 Å². The van der Waals surface area contributed by atoms with Crippen LogP contribution in [0.3, 0.4) is 0 Å². The van der Waals surface area contributed by atoms with Crippen molar-refractivity contribution in [3.63, 3.8) is 0 Å². The van der Waals surface area contributed by atoms with E-state index in [1.165, 1.54) is 29.2 Å². The fraction of sp³-hybridized carbons (Fsp3) is 0.241. The van der Waals surface area contributed by atoms with Gasteiger partial charge in [-0.3, -0.25) is 9.59 Å². The first-order chi connectivity index (χ1) is 19.1. The van der Waals surface area contributed by atoms with Gasteiger partial charge in [0, 0.05) is 24.0 Å². The topological polar surface area (TPSA) is 65.6 Å². The van der Waals surface area contributed by atoms with E-state index in [-0.39, 0.29) is 42.4 Å². The number of carbonyl (C=O) groups is 2. The fourth-order valence-corrected chi connectivity index (χ4v) is 4.92. The Balaban J connectivity index is 1.40. The van der Waals surface area contributed by atoms with Gasteiger partial charge in [0.25, 0.3) is 5.91 Å². The van der Waals surface area contributed by atoms with E-state index in [1.54, 1.807) is 17.0 Å². The minimum absolute atomic E-state index is 0.0270. The number of amides is 2. The number of hydrogen-bond donors (Lipinski definition) is 1. The Morgan fingerprint density at radius 3 is 2.45 bits per heavy atom. The van der Waals surface area contributed by atoms with Crippen LogP contribution in [0.5, 0.6) is 5.75 Å². The number of alkyl halides is 5. The van der Waals surface area contributed by atoms with Crippen molar-refractivity contribution in [1.29, 1.82) is 0 Å². The van der Waals surface area contributed by atoms with Gasteiger partial charge in [0.05, 0.1) is 11.6 Å². The lowest BCUT2D eigenvalue weighted by molar-refractivity contribution is -0.139. The van der Waals surface area contributed by atoms with Crippen LogP contribution in [0.4, 0.5) is 22.0 Å². The third kappa shape index (κ3) is 6.08. The molecule has 0 aliphatic carbocycles. The fourth-order valence-electron chi connectivity index (χ4n) is 4.92. The molecule has 3 aromatic carbocycles. The van der Waals surface area contributed by atoms with E-state index < -0.39 is 30.3 Å². The molecular formula is C29H24F5N3O3. The number of rotatable bonds is 7. The van der Waals surface area contributed by atoms with Crippen LogP contribution in [-0.2, 0) is 23.9 Å². The highest BCUT2D eigenvalue weighted by atomic mass is 19.4. The maximum Gasteiger partial charge on any atom is 0.416 e. The monoisotopic (exact) mass is 557 g/mol. The lowest BCUT2D eigenvalue weighted by Gasteiger charge is -2.41. The highest BCUT2D eigenvalue weighted by Crippen LogP contribution is 2.32. The zero-order valence-electron chi connectivity index (χ0n) is 21.0. The summed E-state index contributed by atoms with van der Waals surface area (Å²) in [4.78, 5) is 32.7. The Hall–Kier alpha value is -4.41. The van der Waals surface area contributed by atoms with Crippen LogP contribution in [-0.4, -0.2) is 52.3 Å². The number of aromatic amines is 1. The normalized spacial score (nSPS) is 16.1. The smallest absolute Gasteiger partial charge is 0.416 e. The molecule has 40 heavy (non-hydrogen) atoms. The van der Waals surface area contributed by atoms with Crippen LogP contribution >= 0.6 is 0 Å². The standard InChI is InChI=1S/C29H24F5N3O3/c30-28(31)40-23-8-4-7-19(12-23)15-37-22(11-18-5-2-1-3-6-18)16-36(17-26(37)38)27(39)25-14-20-13-21(29(32,33)34)9-10-24(20)35-25/h1-10,12-14,22,28,35H,11,15-17H2/t22-/m0/s1. The van der Waals surface area contributed by atoms with Crippen molar-refractivity contribution in [3.05, 3.63) is 101 Å². The lowest BCUT2D eigenvalue weighted by Crippen LogP contribution is -2.58. The molecule has 0 unspecified atom stereocenters. The van der Waals surface area contributed by atoms with Crippen LogP contribution in [0.25, 0.3) is 10.9 Å². The number of benzene rings is 3. The first-order valence-corrected chi connectivity index (χ1v) is 12.4. The molecule has 5 rings (SSSR count). The molecule has 1 aliphatic rings. The molecule has 2 amide bonds. The van der Waals surface area contributed by atoms with Crippen LogP contribution in [0.2, 0.25) is 0 Å². The predicted octanol–water partition coefficient (Wildman–Crippen LogP) is 5.88. The summed E-state index contributed by atoms with van der Waals surface area (Å²) in [7, 11) is 0. The second-order valence-electron chi connectivity index (χ2n) is 9.56. The van der Waals surface area contributed by atoms with E-state index in [0.29, 0.717) is 17.5 Å². The zero-order chi connectivity index (χ0) is 28.4. The van der Waals surface area contributed by atoms with Gasteiger partial charge in [-0.25, -0.2) is 0 Å². The van der Waals surface area contributed by atoms with Gasteiger partial charge in [0.2, 0.25) is 5.91 Å². The van der Waals surface area contributed by atoms with Crippen LogP contribution in [0.15, 0.2) is 78.9 Å². The van der Waals surface area contributed by atoms with E-state index >= 15 is 0 Å². The Labute approximate surface area is 225 Å². The average Bonchev–Trinajstić information content (AvgIpc) is 3.34. The number of fused-ring (bicyclic) bond motifs is 1. The molecule has 0 bridgehead atoms. The molecule has 4 aromatic rings. The summed E-state index contributed by atoms with van der Waals surface area (Å²) in [6.45, 7) is -2.95. The number of aromatic nitrogens is 1. The summed E-state index contributed by atoms with van der Waals surface area (Å²) in [5.41, 5.74) is 1.13. The number of nitrogens with one attached hydrogen (secondary N) is 1. The number of ether oxygens (including phenoxy) is 1. The van der Waals surface area contributed by atoms with E-state index in [2.05, 4.69) is 9.72 Å². The second kappa shape index (κ2) is 11.0. The van der Waals surface area contributed by atoms with Crippen LogP contribution in [0, 0.1) is 0 Å². The Kier molecular flexibility index (Phi) is 7.46. The number of nitrogens with zero attached hydrogens (tertiary/aromatic N) is 2. The minimum atomic E-state index is -4.52. The summed E-state index contributed by atoms with van der Waals surface area (Å²) >= 11 is 0. The van der Waals surface area contributed by atoms with Crippen molar-refractivity contribution < 1.29 is 36.3 Å². The summed E-state index contributed by atoms with van der Waals surface area (Å²) < 4.78 is 69.3. The van der Waals surface area contributed by atoms with E-state index in [1.807, 2.05) is 30.3 Å². The number of carbonyl (C=O) groups excluding carboxylic acids is 2. The zero-order valence-corrected chi connectivity index (χ0v) is 21.0. The summed E-state index contributed by atoms with van der Waals surface area (Å²) in [6, 6.07) is 19.5. The quantitative estimate of drug-likeness (QED) is 0.289. The van der Waals surface area contributed by atoms with Crippen LogP contribution in [0.1, 0.15) is 27.2 Å². The molecule has 6 nitrogen and oxygen atoms in total. The third-order valence-electron chi connectivity index (χ3n) is 6.77. The Bertz CT molecular complexity index is 1520. The summed E-state index contributed by atoms with van der Waals surface area (Å²) in [6.07, 6.45) is -4.10. The van der Waals surface area contributed by atoms with Gasteiger partial charge >= 0.3 is 12.8 Å². The summed E-state index contributed by atoms with van der Waals surface area (Å²) in [5, 5.41) is 0.231. The molecule has 208 valence electrons. The molecule has 1 aliphatic heterocycles. The molecule has 1 saturated heterocycles. The number of H-pyrrole nitrogens is 1. The van der Waals surface area contributed by atoms with Gasteiger partial charge in [0.1, 0.15) is 18.0 Å². The Morgan fingerprint density at radius 1 is 0.975 bits per heavy atom. The summed E-state index contributed by atoms with van der Waals surface area (Å²) in [5.74, 6) is -0.889. The van der Waals surface area contributed by atoms with E-state index in [0.717, 1.165) is 17.7 Å². The molecule has 1 N–H and O–H groups in total. The van der Waals surface area contributed by atoms with Gasteiger partial charge in [-0.1, -0.05) is 42.5 Å². The molecule has 2 heterocycles. The highest BCUT2D eigenvalue weighted by molar-refractivity contribution is 6.00. The van der Waals surface area contributed by atoms with Gasteiger partial charge in [-0.05, 0) is 53.9 Å². The first kappa shape index (κ1) is 27.2. The maximum absolute atomic E-state index is 13.4. The first-order valence-electron chi connectivity index (χ1n) is 12.4. The van der Waals surface area contributed by atoms with E-state index in [4.69, 9.17) is 0 Å². The lowest BCUT2D eigenvalue weighted by atomic mass is 10.0. The second-order valence-corrected chi connectivity index (χ2v) is 9.56. The van der Waals surface area contributed by atoms with Gasteiger partial charge < -0.3 is 19.5 Å². The minimum Gasteiger partial charge on any atom is -0.435 e. The predicted molar refractivity (Wildman–Crippen MR) is 137 cm³/mol. The molecular weight excluding hydrogens is 533 g/mol. The van der Waals surface area contributed by atoms with Crippen molar-refractivity contribution >= 4 is 22.7 Å². The molecule has 0 spiro atoms. The number of hydrogen-bond acceptors (Lipinski definition) is 3. The van der Waals surface area contributed by atoms with Gasteiger partial charge in [-0.2, -0.15) is 22.0 Å². The van der Waals surface area contributed by atoms with Gasteiger partial charge in [0.15, 0.2) is 0 Å². The SMILES string of the molecule is O=C(c1cc2cc(C(F)(F)F)ccc2[nH]1)N1CC(=O)N(Cc2cccc(OC(F)F)c2)[C@@H](Cc2ccccc2)C1. The maximum atomic E-state index is 13.4. The number of halogens is 5. The van der Waals surface area contributed by atoms with Crippen molar-refractivity contribution in [1.82, 2.24) is 14.8 Å². The average molecular weight is 558 g/mol. The molecule has 1 fully saturated rings. The van der Waals surface area contributed by atoms with Gasteiger partial charge in [-0.15, -0.1) is 0 Å². The number of piperazine rings is 1. The molecule has 0 radical (unpaired) electrons. The Morgan fingerprint density at radius 2 is 1.73 bits per heavy atom. The molecule has 0 saturated carbocycles. The van der Waals surface area contributed by atoms with Crippen molar-refractivity contribution in [2.24, 2.45) is 0 Å². The highest BCUT2D eigenvalue weighted by Gasteiger charge is 2.36. The van der Waals surface area contributed by atoms with Crippen molar-refractivity contribution in [2.75, 3.05) is 13.1 Å². The third-order valence-corrected chi connectivity index (χ3v) is 6.77.